The van der Waals surface area contributed by atoms with Crippen molar-refractivity contribution in [3.05, 3.63) is 71.9 Å². The first-order valence-electron chi connectivity index (χ1n) is 8.79. The van der Waals surface area contributed by atoms with Crippen LogP contribution < -0.4 is 4.57 Å². The number of hydrogen-bond donors (Lipinski definition) is 0. The zero-order chi connectivity index (χ0) is 17.8. The minimum Gasteiger partial charge on any atom is -0.438 e. The monoisotopic (exact) mass is 339 g/mol. The molecular formula is C23H19N2O+. The van der Waals surface area contributed by atoms with E-state index in [-0.39, 0.29) is 0 Å². The minimum absolute atomic E-state index is 0.698. The van der Waals surface area contributed by atoms with Crippen molar-refractivity contribution in [3.63, 3.8) is 0 Å². The lowest BCUT2D eigenvalue weighted by molar-refractivity contribution is -0.660. The highest BCUT2D eigenvalue weighted by atomic mass is 16.3. The van der Waals surface area contributed by atoms with Crippen molar-refractivity contribution in [2.45, 2.75) is 13.8 Å². The third kappa shape index (κ3) is 2.21. The van der Waals surface area contributed by atoms with E-state index < -0.39 is 0 Å². The number of furan rings is 1. The van der Waals surface area contributed by atoms with Crippen LogP contribution in [0.4, 0.5) is 0 Å². The lowest BCUT2D eigenvalue weighted by Gasteiger charge is -2.05. The Kier molecular flexibility index (Phi) is 3.13. The second kappa shape index (κ2) is 5.40. The van der Waals surface area contributed by atoms with Crippen molar-refractivity contribution in [3.8, 4) is 11.3 Å². The molecule has 0 unspecified atom stereocenters. The molecule has 3 heteroatoms. The Morgan fingerprint density at radius 1 is 0.923 bits per heavy atom. The minimum atomic E-state index is 0.698. The molecule has 3 nitrogen and oxygen atoms in total. The molecule has 5 rings (SSSR count). The molecule has 2 aromatic carbocycles. The van der Waals surface area contributed by atoms with Crippen LogP contribution in [0.1, 0.15) is 11.1 Å². The van der Waals surface area contributed by atoms with Crippen LogP contribution in [0, 0.1) is 13.8 Å². The fourth-order valence-corrected chi connectivity index (χ4v) is 3.68. The summed E-state index contributed by atoms with van der Waals surface area (Å²) in [7, 11) is 2.07. The topological polar surface area (TPSA) is 29.9 Å². The van der Waals surface area contributed by atoms with Gasteiger partial charge in [-0.25, -0.2) is 9.55 Å². The van der Waals surface area contributed by atoms with Crippen molar-refractivity contribution < 1.29 is 8.98 Å². The van der Waals surface area contributed by atoms with Crippen LogP contribution in [0.3, 0.4) is 0 Å². The van der Waals surface area contributed by atoms with Gasteiger partial charge in [-0.2, -0.15) is 0 Å². The maximum Gasteiger partial charge on any atom is 0.227 e. The Bertz CT molecular complexity index is 1310. The summed E-state index contributed by atoms with van der Waals surface area (Å²) in [6.07, 6.45) is 2.10. The molecule has 126 valence electrons. The Morgan fingerprint density at radius 3 is 2.65 bits per heavy atom. The SMILES string of the molecule is Cc1cc[n+](C)c(-c2cc3oc4nc5ccccc5cc4c3cc2C)c1. The zero-order valence-corrected chi connectivity index (χ0v) is 15.1. The number of aryl methyl sites for hydroxylation is 3. The summed E-state index contributed by atoms with van der Waals surface area (Å²) in [5.74, 6) is 0. The molecule has 0 N–H and O–H groups in total. The van der Waals surface area contributed by atoms with Gasteiger partial charge in [0.25, 0.3) is 0 Å². The molecule has 0 spiro atoms. The van der Waals surface area contributed by atoms with Gasteiger partial charge < -0.3 is 4.42 Å². The Morgan fingerprint density at radius 2 is 1.77 bits per heavy atom. The number of pyridine rings is 2. The quantitative estimate of drug-likeness (QED) is 0.391. The fourth-order valence-electron chi connectivity index (χ4n) is 3.68. The van der Waals surface area contributed by atoms with Crippen LogP contribution in [-0.2, 0) is 7.05 Å². The van der Waals surface area contributed by atoms with E-state index in [1.807, 2.05) is 18.2 Å². The first-order valence-corrected chi connectivity index (χ1v) is 8.79. The number of hydrogen-bond acceptors (Lipinski definition) is 2. The highest BCUT2D eigenvalue weighted by molar-refractivity contribution is 6.08. The summed E-state index contributed by atoms with van der Waals surface area (Å²) >= 11 is 0. The molecule has 0 saturated heterocycles. The zero-order valence-electron chi connectivity index (χ0n) is 15.1. The number of fused-ring (bicyclic) bond motifs is 4. The first-order chi connectivity index (χ1) is 12.6. The third-order valence-electron chi connectivity index (χ3n) is 5.09. The van der Waals surface area contributed by atoms with Crippen LogP contribution in [0.25, 0.3) is 44.2 Å². The van der Waals surface area contributed by atoms with E-state index in [1.54, 1.807) is 0 Å². The van der Waals surface area contributed by atoms with Crippen molar-refractivity contribution >= 4 is 33.0 Å². The summed E-state index contributed by atoms with van der Waals surface area (Å²) in [6.45, 7) is 4.28. The lowest BCUT2D eigenvalue weighted by Crippen LogP contribution is -2.30. The van der Waals surface area contributed by atoms with Crippen LogP contribution >= 0.6 is 0 Å². The summed E-state index contributed by atoms with van der Waals surface area (Å²) in [4.78, 5) is 4.71. The van der Waals surface area contributed by atoms with Crippen molar-refractivity contribution in [1.29, 1.82) is 0 Å². The second-order valence-corrected chi connectivity index (χ2v) is 7.00. The van der Waals surface area contributed by atoms with Gasteiger partial charge in [-0.3, -0.25) is 0 Å². The summed E-state index contributed by atoms with van der Waals surface area (Å²) in [5, 5.41) is 3.33. The molecule has 0 saturated carbocycles. The van der Waals surface area contributed by atoms with Crippen LogP contribution in [0.5, 0.6) is 0 Å². The largest absolute Gasteiger partial charge is 0.438 e. The Hall–Kier alpha value is -3.20. The van der Waals surface area contributed by atoms with Crippen LogP contribution in [-0.4, -0.2) is 4.98 Å². The smallest absolute Gasteiger partial charge is 0.227 e. The molecule has 26 heavy (non-hydrogen) atoms. The van der Waals surface area contributed by atoms with E-state index in [0.29, 0.717) is 5.71 Å². The molecule has 0 bridgehead atoms. The fraction of sp³-hybridized carbons (Fsp3) is 0.130. The molecular weight excluding hydrogens is 320 g/mol. The predicted octanol–water partition coefficient (Wildman–Crippen LogP) is 5.24. The highest BCUT2D eigenvalue weighted by Crippen LogP contribution is 2.34. The molecule has 0 radical (unpaired) electrons. The molecule has 0 aliphatic heterocycles. The number of para-hydroxylation sites is 1. The highest BCUT2D eigenvalue weighted by Gasteiger charge is 2.17. The van der Waals surface area contributed by atoms with Crippen molar-refractivity contribution in [1.82, 2.24) is 4.98 Å². The average Bonchev–Trinajstić information content (AvgIpc) is 2.97. The Labute approximate surface area is 151 Å². The molecule has 0 aliphatic carbocycles. The van der Waals surface area contributed by atoms with Gasteiger partial charge in [0, 0.05) is 28.3 Å². The van der Waals surface area contributed by atoms with Gasteiger partial charge in [0.15, 0.2) is 6.20 Å². The number of rotatable bonds is 1. The molecule has 3 heterocycles. The van der Waals surface area contributed by atoms with Crippen molar-refractivity contribution in [2.24, 2.45) is 7.05 Å². The third-order valence-corrected chi connectivity index (χ3v) is 5.09. The maximum atomic E-state index is 6.13. The van der Waals surface area contributed by atoms with Gasteiger partial charge in [-0.15, -0.1) is 0 Å². The van der Waals surface area contributed by atoms with E-state index >= 15 is 0 Å². The van der Waals surface area contributed by atoms with Gasteiger partial charge in [-0.1, -0.05) is 18.2 Å². The maximum absolute atomic E-state index is 6.13. The molecule has 3 aromatic heterocycles. The lowest BCUT2D eigenvalue weighted by atomic mass is 10.0. The molecule has 0 aliphatic rings. The summed E-state index contributed by atoms with van der Waals surface area (Å²) in [6, 6.07) is 19.0. The van der Waals surface area contributed by atoms with Gasteiger partial charge in [0.2, 0.25) is 11.4 Å². The predicted molar refractivity (Wildman–Crippen MR) is 105 cm³/mol. The number of benzene rings is 2. The normalized spacial score (nSPS) is 11.7. The van der Waals surface area contributed by atoms with E-state index in [4.69, 9.17) is 9.40 Å². The number of aromatic nitrogens is 2. The molecule has 5 aromatic rings. The van der Waals surface area contributed by atoms with E-state index in [1.165, 1.54) is 22.4 Å². The molecule has 0 amide bonds. The van der Waals surface area contributed by atoms with Crippen molar-refractivity contribution in [2.75, 3.05) is 0 Å². The second-order valence-electron chi connectivity index (χ2n) is 7.00. The Balaban J connectivity index is 1.83. The number of nitrogens with zero attached hydrogens (tertiary/aromatic N) is 2. The standard InChI is InChI=1S/C23H19N2O/c1-14-8-9-25(3)21(10-14)17-13-22-18(11-15(17)2)19-12-16-6-4-5-7-20(16)24-23(19)26-22/h4-13H,1-3H3/q+1. The summed E-state index contributed by atoms with van der Waals surface area (Å²) in [5.41, 5.74) is 7.38. The van der Waals surface area contributed by atoms with Gasteiger partial charge in [0.1, 0.15) is 12.6 Å². The summed E-state index contributed by atoms with van der Waals surface area (Å²) < 4.78 is 8.28. The van der Waals surface area contributed by atoms with E-state index in [9.17, 15) is 0 Å². The van der Waals surface area contributed by atoms with Gasteiger partial charge >= 0.3 is 0 Å². The molecule has 0 atom stereocenters. The van der Waals surface area contributed by atoms with Gasteiger partial charge in [0.05, 0.1) is 11.1 Å². The van der Waals surface area contributed by atoms with E-state index in [2.05, 4.69) is 68.1 Å². The average molecular weight is 339 g/mol. The van der Waals surface area contributed by atoms with Crippen LogP contribution in [0.15, 0.2) is 65.2 Å². The van der Waals surface area contributed by atoms with Crippen LogP contribution in [0.2, 0.25) is 0 Å². The molecule has 0 fully saturated rings. The first kappa shape index (κ1) is 15.1. The van der Waals surface area contributed by atoms with Gasteiger partial charge in [-0.05, 0) is 49.2 Å². The van der Waals surface area contributed by atoms with E-state index in [0.717, 1.165) is 27.3 Å².